The van der Waals surface area contributed by atoms with Gasteiger partial charge in [0.15, 0.2) is 5.11 Å². The van der Waals surface area contributed by atoms with Crippen LogP contribution in [0.1, 0.15) is 41.8 Å². The Hall–Kier alpha value is -3.89. The molecular formula is C27H28N4O2S. The van der Waals surface area contributed by atoms with E-state index in [0.717, 1.165) is 29.7 Å². The number of nitrogens with one attached hydrogen (secondary N) is 3. The molecule has 3 aromatic carbocycles. The number of carbonyl (C=O) groups excluding carboxylic acids is 1. The zero-order valence-corrected chi connectivity index (χ0v) is 20.2. The molecule has 0 heterocycles. The normalized spacial score (nSPS) is 10.1. The lowest BCUT2D eigenvalue weighted by molar-refractivity contribution is 0.0527. The third-order valence-electron chi connectivity index (χ3n) is 5.10. The molecule has 0 spiro atoms. The van der Waals surface area contributed by atoms with Gasteiger partial charge < -0.3 is 20.7 Å². The van der Waals surface area contributed by atoms with Crippen molar-refractivity contribution < 1.29 is 9.53 Å². The van der Waals surface area contributed by atoms with E-state index in [1.54, 1.807) is 19.1 Å². The predicted molar refractivity (Wildman–Crippen MR) is 141 cm³/mol. The minimum atomic E-state index is -0.418. The van der Waals surface area contributed by atoms with Crippen LogP contribution < -0.4 is 16.0 Å². The SMILES string of the molecule is CCCNC(=S)Nc1cccc(C(=O)OCC)c1NCc1ccc(-c2ccccc2)c(C#N)c1. The van der Waals surface area contributed by atoms with Crippen LogP contribution in [0.25, 0.3) is 11.1 Å². The fourth-order valence-corrected chi connectivity index (χ4v) is 3.70. The summed E-state index contributed by atoms with van der Waals surface area (Å²) in [4.78, 5) is 12.6. The van der Waals surface area contributed by atoms with Crippen LogP contribution in [0.4, 0.5) is 11.4 Å². The largest absolute Gasteiger partial charge is 0.462 e. The number of ether oxygens (including phenoxy) is 1. The molecule has 0 saturated heterocycles. The maximum atomic E-state index is 12.6. The Morgan fingerprint density at radius 1 is 1.06 bits per heavy atom. The molecule has 0 radical (unpaired) electrons. The summed E-state index contributed by atoms with van der Waals surface area (Å²) >= 11 is 5.39. The summed E-state index contributed by atoms with van der Waals surface area (Å²) in [5, 5.41) is 19.8. The summed E-state index contributed by atoms with van der Waals surface area (Å²) in [6.45, 7) is 5.26. The number of anilines is 2. The second kappa shape index (κ2) is 12.4. The third-order valence-corrected chi connectivity index (χ3v) is 5.35. The molecule has 0 amide bonds. The monoisotopic (exact) mass is 472 g/mol. The van der Waals surface area contributed by atoms with Gasteiger partial charge in [0.05, 0.1) is 35.2 Å². The van der Waals surface area contributed by atoms with Gasteiger partial charge in [-0.25, -0.2) is 4.79 Å². The molecule has 7 heteroatoms. The van der Waals surface area contributed by atoms with E-state index >= 15 is 0 Å². The molecule has 0 unspecified atom stereocenters. The Bertz CT molecular complexity index is 1190. The molecule has 3 N–H and O–H groups in total. The number of hydrogen-bond donors (Lipinski definition) is 3. The molecule has 34 heavy (non-hydrogen) atoms. The van der Waals surface area contributed by atoms with Gasteiger partial charge in [-0.05, 0) is 60.5 Å². The van der Waals surface area contributed by atoms with Crippen molar-refractivity contribution in [3.05, 3.63) is 83.4 Å². The van der Waals surface area contributed by atoms with Crippen LogP contribution in [0, 0.1) is 11.3 Å². The molecule has 0 aliphatic heterocycles. The average molecular weight is 473 g/mol. The quantitative estimate of drug-likeness (QED) is 0.272. The lowest BCUT2D eigenvalue weighted by Crippen LogP contribution is -2.29. The van der Waals surface area contributed by atoms with Gasteiger partial charge in [0, 0.05) is 13.1 Å². The van der Waals surface area contributed by atoms with Crippen LogP contribution in [-0.4, -0.2) is 24.2 Å². The minimum Gasteiger partial charge on any atom is -0.462 e. The maximum absolute atomic E-state index is 12.6. The standard InChI is InChI=1S/C27H28N4O2S/c1-3-15-29-27(34)31-24-12-8-11-23(26(32)33-4-2)25(24)30-18-19-13-14-22(21(16-19)17-28)20-9-6-5-7-10-20/h5-14,16,30H,3-4,15,18H2,1-2H3,(H2,29,31,34). The minimum absolute atomic E-state index is 0.277. The molecule has 0 atom stereocenters. The molecule has 6 nitrogen and oxygen atoms in total. The fraction of sp³-hybridized carbons (Fsp3) is 0.222. The first-order valence-corrected chi connectivity index (χ1v) is 11.7. The van der Waals surface area contributed by atoms with Crippen molar-refractivity contribution in [3.63, 3.8) is 0 Å². The number of nitriles is 1. The van der Waals surface area contributed by atoms with Crippen molar-refractivity contribution >= 4 is 34.7 Å². The smallest absolute Gasteiger partial charge is 0.340 e. The van der Waals surface area contributed by atoms with Crippen LogP contribution in [0.5, 0.6) is 0 Å². The first-order chi connectivity index (χ1) is 16.6. The molecule has 0 bridgehead atoms. The maximum Gasteiger partial charge on any atom is 0.340 e. The summed E-state index contributed by atoms with van der Waals surface area (Å²) in [5.41, 5.74) is 5.04. The van der Waals surface area contributed by atoms with Crippen LogP contribution in [0.2, 0.25) is 0 Å². The fourth-order valence-electron chi connectivity index (χ4n) is 3.48. The van der Waals surface area contributed by atoms with Gasteiger partial charge in [-0.2, -0.15) is 5.26 Å². The molecule has 0 aromatic heterocycles. The number of esters is 1. The zero-order chi connectivity index (χ0) is 24.3. The van der Waals surface area contributed by atoms with Gasteiger partial charge >= 0.3 is 5.97 Å². The highest BCUT2D eigenvalue weighted by molar-refractivity contribution is 7.80. The molecular weight excluding hydrogens is 444 g/mol. The van der Waals surface area contributed by atoms with E-state index < -0.39 is 5.97 Å². The van der Waals surface area contributed by atoms with Crippen molar-refractivity contribution in [3.8, 4) is 17.2 Å². The Morgan fingerprint density at radius 2 is 1.85 bits per heavy atom. The highest BCUT2D eigenvalue weighted by Crippen LogP contribution is 2.29. The van der Waals surface area contributed by atoms with Crippen molar-refractivity contribution in [2.45, 2.75) is 26.8 Å². The zero-order valence-electron chi connectivity index (χ0n) is 19.4. The van der Waals surface area contributed by atoms with Crippen molar-refractivity contribution in [2.24, 2.45) is 0 Å². The van der Waals surface area contributed by atoms with Gasteiger partial charge in [0.25, 0.3) is 0 Å². The number of hydrogen-bond acceptors (Lipinski definition) is 5. The first kappa shape index (κ1) is 24.7. The Kier molecular flexibility index (Phi) is 9.01. The predicted octanol–water partition coefficient (Wildman–Crippen LogP) is 5.71. The first-order valence-electron chi connectivity index (χ1n) is 11.2. The molecule has 0 saturated carbocycles. The Morgan fingerprint density at radius 3 is 2.56 bits per heavy atom. The number of nitrogens with zero attached hydrogens (tertiary/aromatic N) is 1. The van der Waals surface area contributed by atoms with Gasteiger partial charge in [-0.15, -0.1) is 0 Å². The summed E-state index contributed by atoms with van der Waals surface area (Å²) in [6.07, 6.45) is 0.940. The molecule has 3 rings (SSSR count). The van der Waals surface area contributed by atoms with Crippen LogP contribution in [0.15, 0.2) is 66.7 Å². The average Bonchev–Trinajstić information content (AvgIpc) is 2.87. The molecule has 0 aliphatic rings. The second-order valence-corrected chi connectivity index (χ2v) is 7.95. The van der Waals surface area contributed by atoms with E-state index in [1.165, 1.54) is 0 Å². The Balaban J connectivity index is 1.88. The topological polar surface area (TPSA) is 86.2 Å². The summed E-state index contributed by atoms with van der Waals surface area (Å²) in [6, 6.07) is 23.3. The number of carbonyl (C=O) groups is 1. The number of thiocarbonyl (C=S) groups is 1. The lowest BCUT2D eigenvalue weighted by atomic mass is 9.98. The van der Waals surface area contributed by atoms with Crippen molar-refractivity contribution in [1.82, 2.24) is 5.32 Å². The number of rotatable bonds is 9. The van der Waals surface area contributed by atoms with E-state index in [1.807, 2.05) is 54.6 Å². The second-order valence-electron chi connectivity index (χ2n) is 7.54. The van der Waals surface area contributed by atoms with Crippen LogP contribution in [-0.2, 0) is 11.3 Å². The summed E-state index contributed by atoms with van der Waals surface area (Å²) in [7, 11) is 0. The third kappa shape index (κ3) is 6.33. The highest BCUT2D eigenvalue weighted by Gasteiger charge is 2.17. The van der Waals surface area contributed by atoms with E-state index in [-0.39, 0.29) is 6.61 Å². The number of para-hydroxylation sites is 1. The summed E-state index contributed by atoms with van der Waals surface area (Å²) in [5.74, 6) is -0.418. The molecule has 174 valence electrons. The van der Waals surface area contributed by atoms with Crippen LogP contribution >= 0.6 is 12.2 Å². The van der Waals surface area contributed by atoms with Crippen molar-refractivity contribution in [2.75, 3.05) is 23.8 Å². The van der Waals surface area contributed by atoms with Gasteiger partial charge in [-0.1, -0.05) is 55.5 Å². The molecule has 3 aromatic rings. The van der Waals surface area contributed by atoms with Gasteiger partial charge in [-0.3, -0.25) is 0 Å². The number of benzene rings is 3. The van der Waals surface area contributed by atoms with Gasteiger partial charge in [0.1, 0.15) is 0 Å². The Labute approximate surface area is 206 Å². The highest BCUT2D eigenvalue weighted by atomic mass is 32.1. The summed E-state index contributed by atoms with van der Waals surface area (Å²) < 4.78 is 5.25. The van der Waals surface area contributed by atoms with E-state index in [9.17, 15) is 10.1 Å². The van der Waals surface area contributed by atoms with Crippen molar-refractivity contribution in [1.29, 1.82) is 5.26 Å². The van der Waals surface area contributed by atoms with Crippen LogP contribution in [0.3, 0.4) is 0 Å². The van der Waals surface area contributed by atoms with E-state index in [0.29, 0.717) is 34.2 Å². The molecule has 0 aliphatic carbocycles. The van der Waals surface area contributed by atoms with Gasteiger partial charge in [0.2, 0.25) is 0 Å². The van der Waals surface area contributed by atoms with E-state index in [2.05, 4.69) is 28.9 Å². The lowest BCUT2D eigenvalue weighted by Gasteiger charge is -2.18. The molecule has 0 fully saturated rings. The van der Waals surface area contributed by atoms with E-state index in [4.69, 9.17) is 17.0 Å².